The average molecular weight is 225 g/mol. The van der Waals surface area contributed by atoms with Crippen molar-refractivity contribution in [3.63, 3.8) is 0 Å². The summed E-state index contributed by atoms with van der Waals surface area (Å²) in [6.45, 7) is 4.63. The summed E-state index contributed by atoms with van der Waals surface area (Å²) in [4.78, 5) is 6.89. The van der Waals surface area contributed by atoms with E-state index in [0.29, 0.717) is 12.1 Å². The predicted molar refractivity (Wildman–Crippen MR) is 65.5 cm³/mol. The minimum atomic E-state index is 0.416. The van der Waals surface area contributed by atoms with Gasteiger partial charge in [0.15, 0.2) is 5.96 Å². The van der Waals surface area contributed by atoms with Gasteiger partial charge in [0.2, 0.25) is 0 Å². The van der Waals surface area contributed by atoms with Gasteiger partial charge >= 0.3 is 0 Å². The van der Waals surface area contributed by atoms with Crippen molar-refractivity contribution < 1.29 is 4.74 Å². The first-order chi connectivity index (χ1) is 7.81. The lowest BCUT2D eigenvalue weighted by atomic mass is 10.2. The molecule has 1 saturated heterocycles. The number of nitrogens with two attached hydrogens (primary N) is 1. The molecule has 1 aliphatic heterocycles. The monoisotopic (exact) mass is 225 g/mol. The van der Waals surface area contributed by atoms with Crippen molar-refractivity contribution in [3.8, 4) is 0 Å². The molecule has 2 N–H and O–H groups in total. The fourth-order valence-corrected chi connectivity index (χ4v) is 2.59. The molecule has 1 aliphatic carbocycles. The van der Waals surface area contributed by atoms with Crippen LogP contribution in [0.4, 0.5) is 0 Å². The van der Waals surface area contributed by atoms with E-state index in [1.54, 1.807) is 0 Å². The zero-order valence-corrected chi connectivity index (χ0v) is 10.2. The number of hydrogen-bond acceptors (Lipinski definition) is 2. The van der Waals surface area contributed by atoms with E-state index in [9.17, 15) is 0 Å². The summed E-state index contributed by atoms with van der Waals surface area (Å²) in [6.07, 6.45) is 6.11. The highest BCUT2D eigenvalue weighted by atomic mass is 16.5. The van der Waals surface area contributed by atoms with Crippen LogP contribution in [0.5, 0.6) is 0 Å². The van der Waals surface area contributed by atoms with E-state index in [0.717, 1.165) is 32.1 Å². The first kappa shape index (κ1) is 11.7. The van der Waals surface area contributed by atoms with Crippen LogP contribution in [0.1, 0.15) is 39.0 Å². The maximum Gasteiger partial charge on any atom is 0.191 e. The summed E-state index contributed by atoms with van der Waals surface area (Å²) in [6, 6.07) is 0.888. The molecule has 0 aromatic rings. The molecule has 1 heterocycles. The molecule has 1 saturated carbocycles. The van der Waals surface area contributed by atoms with Gasteiger partial charge in [-0.15, -0.1) is 0 Å². The Hall–Kier alpha value is -0.770. The maximum atomic E-state index is 6.11. The summed E-state index contributed by atoms with van der Waals surface area (Å²) in [7, 11) is 0. The first-order valence-corrected chi connectivity index (χ1v) is 6.49. The first-order valence-electron chi connectivity index (χ1n) is 6.49. The lowest BCUT2D eigenvalue weighted by Gasteiger charge is -2.36. The number of aliphatic imine (C=N–C) groups is 1. The fraction of sp³-hybridized carbons (Fsp3) is 0.917. The van der Waals surface area contributed by atoms with Crippen LogP contribution in [0.3, 0.4) is 0 Å². The van der Waals surface area contributed by atoms with Crippen LogP contribution >= 0.6 is 0 Å². The van der Waals surface area contributed by atoms with Crippen LogP contribution in [0.25, 0.3) is 0 Å². The second-order valence-electron chi connectivity index (χ2n) is 4.76. The molecule has 4 nitrogen and oxygen atoms in total. The molecule has 0 aromatic carbocycles. The van der Waals surface area contributed by atoms with Crippen molar-refractivity contribution >= 4 is 5.96 Å². The second-order valence-corrected chi connectivity index (χ2v) is 4.76. The average Bonchev–Trinajstić information content (AvgIpc) is 2.81. The van der Waals surface area contributed by atoms with E-state index in [1.165, 1.54) is 25.7 Å². The van der Waals surface area contributed by atoms with Gasteiger partial charge < -0.3 is 15.4 Å². The van der Waals surface area contributed by atoms with Crippen LogP contribution < -0.4 is 5.73 Å². The van der Waals surface area contributed by atoms with Gasteiger partial charge in [-0.3, -0.25) is 0 Å². The van der Waals surface area contributed by atoms with Crippen LogP contribution in [-0.4, -0.2) is 42.7 Å². The molecule has 92 valence electrons. The molecule has 0 aromatic heterocycles. The number of rotatable bonds is 2. The largest absolute Gasteiger partial charge is 0.377 e. The van der Waals surface area contributed by atoms with E-state index in [4.69, 9.17) is 10.5 Å². The quantitative estimate of drug-likeness (QED) is 0.570. The summed E-state index contributed by atoms with van der Waals surface area (Å²) in [5, 5.41) is 0. The number of morpholine rings is 1. The molecule has 0 bridgehead atoms. The summed E-state index contributed by atoms with van der Waals surface area (Å²) >= 11 is 0. The van der Waals surface area contributed by atoms with E-state index in [2.05, 4.69) is 16.8 Å². The third-order valence-electron chi connectivity index (χ3n) is 3.63. The molecule has 2 rings (SSSR count). The lowest BCUT2D eigenvalue weighted by molar-refractivity contribution is 0.0244. The fourth-order valence-electron chi connectivity index (χ4n) is 2.59. The minimum absolute atomic E-state index is 0.416. The Morgan fingerprint density at radius 2 is 2.19 bits per heavy atom. The van der Waals surface area contributed by atoms with Gasteiger partial charge in [-0.2, -0.15) is 0 Å². The van der Waals surface area contributed by atoms with Crippen LogP contribution in [0.2, 0.25) is 0 Å². The second kappa shape index (κ2) is 5.53. The van der Waals surface area contributed by atoms with Crippen molar-refractivity contribution in [3.05, 3.63) is 0 Å². The van der Waals surface area contributed by atoms with E-state index in [1.807, 2.05) is 0 Å². The van der Waals surface area contributed by atoms with Crippen molar-refractivity contribution in [2.45, 2.75) is 51.1 Å². The molecule has 4 heteroatoms. The standard InChI is InChI=1S/C12H23N3O/c1-2-11-9-16-8-7-15(11)12(13)14-10-5-3-4-6-10/h10-11H,2-9H2,1H3,(H2,13,14). The maximum absolute atomic E-state index is 6.11. The topological polar surface area (TPSA) is 50.9 Å². The van der Waals surface area contributed by atoms with Crippen LogP contribution in [0.15, 0.2) is 4.99 Å². The number of nitrogens with zero attached hydrogens (tertiary/aromatic N) is 2. The molecule has 2 aliphatic rings. The van der Waals surface area contributed by atoms with Crippen molar-refractivity contribution in [1.82, 2.24) is 4.90 Å². The summed E-state index contributed by atoms with van der Waals surface area (Å²) in [5.74, 6) is 0.738. The van der Waals surface area contributed by atoms with Gasteiger partial charge in [0.05, 0.1) is 25.3 Å². The van der Waals surface area contributed by atoms with Gasteiger partial charge in [0.1, 0.15) is 0 Å². The van der Waals surface area contributed by atoms with Crippen LogP contribution in [-0.2, 0) is 4.74 Å². The number of ether oxygens (including phenoxy) is 1. The normalized spacial score (nSPS) is 28.7. The molecule has 0 amide bonds. The summed E-state index contributed by atoms with van der Waals surface area (Å²) < 4.78 is 5.47. The highest BCUT2D eigenvalue weighted by Gasteiger charge is 2.24. The van der Waals surface area contributed by atoms with Gasteiger partial charge in [-0.25, -0.2) is 4.99 Å². The predicted octanol–water partition coefficient (Wildman–Crippen LogP) is 1.35. The van der Waals surface area contributed by atoms with Gasteiger partial charge in [-0.05, 0) is 19.3 Å². The molecule has 0 spiro atoms. The minimum Gasteiger partial charge on any atom is -0.377 e. The zero-order valence-electron chi connectivity index (χ0n) is 10.2. The Morgan fingerprint density at radius 1 is 1.44 bits per heavy atom. The van der Waals surface area contributed by atoms with Gasteiger partial charge in [0.25, 0.3) is 0 Å². The van der Waals surface area contributed by atoms with E-state index < -0.39 is 0 Å². The molecular formula is C12H23N3O. The van der Waals surface area contributed by atoms with Crippen LogP contribution in [0, 0.1) is 0 Å². The molecular weight excluding hydrogens is 202 g/mol. The van der Waals surface area contributed by atoms with Crippen molar-refractivity contribution in [2.24, 2.45) is 10.7 Å². The molecule has 1 unspecified atom stereocenters. The van der Waals surface area contributed by atoms with Crippen molar-refractivity contribution in [1.29, 1.82) is 0 Å². The SMILES string of the molecule is CCC1COCCN1C(N)=NC1CCCC1. The molecule has 16 heavy (non-hydrogen) atoms. The van der Waals surface area contributed by atoms with Crippen molar-refractivity contribution in [2.75, 3.05) is 19.8 Å². The smallest absolute Gasteiger partial charge is 0.191 e. The Kier molecular flexibility index (Phi) is 4.04. The van der Waals surface area contributed by atoms with E-state index in [-0.39, 0.29) is 0 Å². The lowest BCUT2D eigenvalue weighted by Crippen LogP contribution is -2.51. The molecule has 1 atom stereocenters. The summed E-state index contributed by atoms with van der Waals surface area (Å²) in [5.41, 5.74) is 6.11. The highest BCUT2D eigenvalue weighted by molar-refractivity contribution is 5.78. The Balaban J connectivity index is 1.97. The van der Waals surface area contributed by atoms with E-state index >= 15 is 0 Å². The Morgan fingerprint density at radius 3 is 2.88 bits per heavy atom. The number of guanidine groups is 1. The number of hydrogen-bond donors (Lipinski definition) is 1. The third-order valence-corrected chi connectivity index (χ3v) is 3.63. The van der Waals surface area contributed by atoms with Gasteiger partial charge in [0, 0.05) is 6.54 Å². The van der Waals surface area contributed by atoms with Gasteiger partial charge in [-0.1, -0.05) is 19.8 Å². The molecule has 0 radical (unpaired) electrons. The highest BCUT2D eigenvalue weighted by Crippen LogP contribution is 2.21. The molecule has 2 fully saturated rings. The Bertz CT molecular complexity index is 249. The Labute approximate surface area is 97.9 Å². The zero-order chi connectivity index (χ0) is 11.4. The third kappa shape index (κ3) is 2.67.